The molecule has 3 rings (SSSR count). The summed E-state index contributed by atoms with van der Waals surface area (Å²) in [5.74, 6) is 0. The van der Waals surface area contributed by atoms with Gasteiger partial charge in [-0.3, -0.25) is 4.55 Å². The van der Waals surface area contributed by atoms with Gasteiger partial charge in [0.2, 0.25) is 0 Å². The molecule has 0 saturated carbocycles. The van der Waals surface area contributed by atoms with Gasteiger partial charge in [-0.2, -0.15) is 8.42 Å². The summed E-state index contributed by atoms with van der Waals surface area (Å²) in [7, 11) is -4.86. The molecule has 0 radical (unpaired) electrons. The lowest BCUT2D eigenvalue weighted by Gasteiger charge is -2.46. The SMILES string of the molecule is CCCO[C@H]1C[C@H](O)[C@H](O[C@@H]2OC(COS(=O)(=O)O)[C@@H](O[C@H]3C[C@H](O)[C@H](O)CO3)[C@H](O)C2N)CO1. The average molecular weight is 534 g/mol. The zero-order chi connectivity index (χ0) is 25.8. The van der Waals surface area contributed by atoms with Crippen LogP contribution in [0.4, 0.5) is 0 Å². The number of ether oxygens (including phenoxy) is 6. The van der Waals surface area contributed by atoms with Crippen molar-refractivity contribution in [2.24, 2.45) is 5.73 Å². The highest BCUT2D eigenvalue weighted by molar-refractivity contribution is 7.80. The zero-order valence-corrected chi connectivity index (χ0v) is 20.0. The van der Waals surface area contributed by atoms with Crippen molar-refractivity contribution in [3.05, 3.63) is 0 Å². The molecule has 3 heterocycles. The van der Waals surface area contributed by atoms with Crippen molar-refractivity contribution in [3.8, 4) is 0 Å². The van der Waals surface area contributed by atoms with Crippen LogP contribution in [0.2, 0.25) is 0 Å². The lowest BCUT2D eigenvalue weighted by Crippen LogP contribution is -2.65. The number of aliphatic hydroxyl groups is 4. The van der Waals surface area contributed by atoms with E-state index in [0.717, 1.165) is 6.42 Å². The lowest BCUT2D eigenvalue weighted by molar-refractivity contribution is -0.330. The molecule has 0 aromatic rings. The molecule has 0 spiro atoms. The van der Waals surface area contributed by atoms with Gasteiger partial charge in [-0.15, -0.1) is 0 Å². The second-order valence-corrected chi connectivity index (χ2v) is 9.76. The van der Waals surface area contributed by atoms with E-state index in [-0.39, 0.29) is 26.1 Å². The molecule has 7 N–H and O–H groups in total. The van der Waals surface area contributed by atoms with E-state index in [4.69, 9.17) is 38.7 Å². The summed E-state index contributed by atoms with van der Waals surface area (Å²) in [4.78, 5) is 0. The van der Waals surface area contributed by atoms with Crippen molar-refractivity contribution < 1.29 is 66.0 Å². The Morgan fingerprint density at radius 2 is 1.66 bits per heavy atom. The molecule has 0 aliphatic carbocycles. The van der Waals surface area contributed by atoms with Crippen LogP contribution in [-0.4, -0.2) is 127 Å². The van der Waals surface area contributed by atoms with Crippen LogP contribution >= 0.6 is 0 Å². The Kier molecular flexibility index (Phi) is 10.6. The van der Waals surface area contributed by atoms with E-state index in [1.165, 1.54) is 0 Å². The molecule has 35 heavy (non-hydrogen) atoms. The molecule has 3 aliphatic heterocycles. The second-order valence-electron chi connectivity index (χ2n) is 8.67. The quantitative estimate of drug-likeness (QED) is 0.154. The maximum atomic E-state index is 11.1. The Labute approximate surface area is 202 Å². The first kappa shape index (κ1) is 29.0. The van der Waals surface area contributed by atoms with Gasteiger partial charge < -0.3 is 54.6 Å². The molecule has 206 valence electrons. The van der Waals surface area contributed by atoms with Crippen molar-refractivity contribution in [1.82, 2.24) is 0 Å². The number of hydrogen-bond acceptors (Lipinski definition) is 14. The maximum absolute atomic E-state index is 11.1. The van der Waals surface area contributed by atoms with E-state index in [2.05, 4.69) is 4.18 Å². The summed E-state index contributed by atoms with van der Waals surface area (Å²) in [6.07, 6.45) is -10.6. The average Bonchev–Trinajstić information content (AvgIpc) is 2.79. The van der Waals surface area contributed by atoms with E-state index in [1.54, 1.807) is 0 Å². The lowest BCUT2D eigenvalue weighted by atomic mass is 9.97. The molecule has 11 atom stereocenters. The molecular formula is C19H35NO14S. The molecule has 0 aromatic heterocycles. The van der Waals surface area contributed by atoms with Crippen molar-refractivity contribution in [3.63, 3.8) is 0 Å². The predicted octanol–water partition coefficient (Wildman–Crippen LogP) is -3.01. The predicted molar refractivity (Wildman–Crippen MR) is 113 cm³/mol. The smallest absolute Gasteiger partial charge is 0.390 e. The van der Waals surface area contributed by atoms with Gasteiger partial charge in [0, 0.05) is 19.4 Å². The highest BCUT2D eigenvalue weighted by Crippen LogP contribution is 2.29. The highest BCUT2D eigenvalue weighted by Gasteiger charge is 2.48. The van der Waals surface area contributed by atoms with Gasteiger partial charge in [0.1, 0.15) is 30.5 Å². The molecule has 2 unspecified atom stereocenters. The van der Waals surface area contributed by atoms with E-state index in [1.807, 2.05) is 6.92 Å². The normalized spacial score (nSPS) is 43.2. The third-order valence-electron chi connectivity index (χ3n) is 5.87. The number of rotatable bonds is 10. The van der Waals surface area contributed by atoms with Gasteiger partial charge in [0.15, 0.2) is 18.9 Å². The molecule has 0 amide bonds. The van der Waals surface area contributed by atoms with Crippen LogP contribution < -0.4 is 5.73 Å². The molecule has 15 nitrogen and oxygen atoms in total. The molecule has 3 fully saturated rings. The van der Waals surface area contributed by atoms with Gasteiger partial charge in [-0.25, -0.2) is 4.18 Å². The molecular weight excluding hydrogens is 498 g/mol. The standard InChI is InChI=1S/C19H35NO14S/c1-2-3-28-14-5-10(22)12(7-30-14)32-19-16(20)17(24)18(13(33-19)8-31-35(25,26)27)34-15-4-9(21)11(23)6-29-15/h9-19,21-24H,2-8,20H2,1H3,(H,25,26,27)/t9-,10-,11+,12+,13?,14+,15-,16?,17+,18+,19+/m0/s1. The van der Waals surface area contributed by atoms with E-state index < -0.39 is 84.6 Å². The Bertz CT molecular complexity index is 758. The number of aliphatic hydroxyl groups excluding tert-OH is 4. The van der Waals surface area contributed by atoms with Crippen molar-refractivity contribution >= 4 is 10.4 Å². The van der Waals surface area contributed by atoms with Crippen LogP contribution in [0.5, 0.6) is 0 Å². The minimum absolute atomic E-state index is 0.0551. The first-order valence-electron chi connectivity index (χ1n) is 11.4. The van der Waals surface area contributed by atoms with Crippen molar-refractivity contribution in [2.45, 2.75) is 93.8 Å². The first-order valence-corrected chi connectivity index (χ1v) is 12.8. The topological polar surface area (TPSA) is 226 Å². The molecule has 0 bridgehead atoms. The summed E-state index contributed by atoms with van der Waals surface area (Å²) in [6.45, 7) is 1.33. The fourth-order valence-corrected chi connectivity index (χ4v) is 4.23. The Balaban J connectivity index is 1.66. The summed E-state index contributed by atoms with van der Waals surface area (Å²) in [6, 6.07) is -1.22. The third-order valence-corrected chi connectivity index (χ3v) is 6.30. The Morgan fingerprint density at radius 1 is 0.971 bits per heavy atom. The maximum Gasteiger partial charge on any atom is 0.397 e. The Morgan fingerprint density at radius 3 is 2.29 bits per heavy atom. The van der Waals surface area contributed by atoms with Crippen LogP contribution in [0.25, 0.3) is 0 Å². The van der Waals surface area contributed by atoms with Crippen molar-refractivity contribution in [2.75, 3.05) is 26.4 Å². The van der Waals surface area contributed by atoms with Gasteiger partial charge in [0.25, 0.3) is 0 Å². The monoisotopic (exact) mass is 533 g/mol. The summed E-state index contributed by atoms with van der Waals surface area (Å²) < 4.78 is 69.1. The molecule has 0 aromatic carbocycles. The van der Waals surface area contributed by atoms with Gasteiger partial charge in [-0.1, -0.05) is 6.92 Å². The van der Waals surface area contributed by atoms with Crippen LogP contribution in [0, 0.1) is 0 Å². The second kappa shape index (κ2) is 12.8. The zero-order valence-electron chi connectivity index (χ0n) is 19.2. The van der Waals surface area contributed by atoms with Crippen LogP contribution in [0.15, 0.2) is 0 Å². The van der Waals surface area contributed by atoms with Crippen molar-refractivity contribution in [1.29, 1.82) is 0 Å². The fourth-order valence-electron chi connectivity index (χ4n) is 3.93. The largest absolute Gasteiger partial charge is 0.397 e. The molecule has 3 aliphatic rings. The number of nitrogens with two attached hydrogens (primary N) is 1. The summed E-state index contributed by atoms with van der Waals surface area (Å²) in [5, 5.41) is 40.7. The molecule has 3 saturated heterocycles. The van der Waals surface area contributed by atoms with E-state index in [9.17, 15) is 28.8 Å². The minimum Gasteiger partial charge on any atom is -0.390 e. The van der Waals surface area contributed by atoms with E-state index in [0.29, 0.717) is 6.61 Å². The number of hydrogen-bond donors (Lipinski definition) is 6. The van der Waals surface area contributed by atoms with Gasteiger partial charge in [-0.05, 0) is 6.42 Å². The van der Waals surface area contributed by atoms with Crippen LogP contribution in [0.1, 0.15) is 26.2 Å². The van der Waals surface area contributed by atoms with Gasteiger partial charge >= 0.3 is 10.4 Å². The Hall–Kier alpha value is -0.570. The van der Waals surface area contributed by atoms with Crippen LogP contribution in [0.3, 0.4) is 0 Å². The minimum atomic E-state index is -4.86. The highest BCUT2D eigenvalue weighted by atomic mass is 32.3. The first-order chi connectivity index (χ1) is 16.5. The summed E-state index contributed by atoms with van der Waals surface area (Å²) >= 11 is 0. The fraction of sp³-hybridized carbons (Fsp3) is 1.00. The summed E-state index contributed by atoms with van der Waals surface area (Å²) in [5.41, 5.74) is 6.10. The third kappa shape index (κ3) is 8.21. The van der Waals surface area contributed by atoms with E-state index >= 15 is 0 Å². The molecule has 16 heteroatoms. The van der Waals surface area contributed by atoms with Crippen LogP contribution in [-0.2, 0) is 43.0 Å². The van der Waals surface area contributed by atoms with Gasteiger partial charge in [0.05, 0.1) is 38.1 Å².